The zero-order valence-electron chi connectivity index (χ0n) is 7.73. The lowest BCUT2D eigenvalue weighted by molar-refractivity contribution is 0.530. The molecule has 0 amide bonds. The van der Waals surface area contributed by atoms with Crippen molar-refractivity contribution in [1.82, 2.24) is 14.6 Å². The highest BCUT2D eigenvalue weighted by Crippen LogP contribution is 2.15. The Kier molecular flexibility index (Phi) is 1.60. The van der Waals surface area contributed by atoms with Gasteiger partial charge in [0.25, 0.3) is 0 Å². The van der Waals surface area contributed by atoms with E-state index in [9.17, 15) is 0 Å². The average Bonchev–Trinajstić information content (AvgIpc) is 2.45. The van der Waals surface area contributed by atoms with E-state index in [-0.39, 0.29) is 0 Å². The fourth-order valence-corrected chi connectivity index (χ4v) is 1.14. The number of aromatic nitrogens is 3. The lowest BCUT2D eigenvalue weighted by Gasteiger charge is -2.13. The second-order valence-electron chi connectivity index (χ2n) is 3.67. The Labute approximate surface area is 76.4 Å². The summed E-state index contributed by atoms with van der Waals surface area (Å²) in [5, 5.41) is 4.31. The monoisotopic (exact) mass is 176 g/mol. The molecule has 0 radical (unpaired) electrons. The summed E-state index contributed by atoms with van der Waals surface area (Å²) in [6.45, 7) is 3.85. The van der Waals surface area contributed by atoms with E-state index in [1.54, 1.807) is 10.7 Å². The molecular formula is C9H12N4. The van der Waals surface area contributed by atoms with Crippen molar-refractivity contribution in [3.8, 4) is 0 Å². The Morgan fingerprint density at radius 3 is 2.85 bits per heavy atom. The normalized spacial score (nSPS) is 12.2. The van der Waals surface area contributed by atoms with Gasteiger partial charge in [-0.1, -0.05) is 0 Å². The van der Waals surface area contributed by atoms with Crippen molar-refractivity contribution in [2.24, 2.45) is 5.73 Å². The van der Waals surface area contributed by atoms with Gasteiger partial charge in [0.05, 0.1) is 11.2 Å². The van der Waals surface area contributed by atoms with Gasteiger partial charge in [0, 0.05) is 18.5 Å². The van der Waals surface area contributed by atoms with Crippen molar-refractivity contribution >= 4 is 5.65 Å². The van der Waals surface area contributed by atoms with Gasteiger partial charge in [-0.25, -0.2) is 9.50 Å². The predicted octanol–water partition coefficient (Wildman–Crippen LogP) is 0.923. The highest BCUT2D eigenvalue weighted by atomic mass is 15.3. The molecule has 0 spiro atoms. The third kappa shape index (κ3) is 1.40. The molecule has 0 aliphatic heterocycles. The van der Waals surface area contributed by atoms with Crippen molar-refractivity contribution in [1.29, 1.82) is 0 Å². The molecule has 0 aromatic carbocycles. The van der Waals surface area contributed by atoms with Crippen molar-refractivity contribution in [3.05, 3.63) is 30.2 Å². The Balaban J connectivity index is 2.63. The second-order valence-corrected chi connectivity index (χ2v) is 3.67. The summed E-state index contributed by atoms with van der Waals surface area (Å²) < 4.78 is 1.73. The lowest BCUT2D eigenvalue weighted by Crippen LogP contribution is -2.29. The Bertz CT molecular complexity index is 391. The van der Waals surface area contributed by atoms with Crippen LogP contribution in [-0.2, 0) is 5.54 Å². The molecule has 2 aromatic heterocycles. The van der Waals surface area contributed by atoms with Gasteiger partial charge in [0.1, 0.15) is 0 Å². The largest absolute Gasteiger partial charge is 0.321 e. The summed E-state index contributed by atoms with van der Waals surface area (Å²) in [6.07, 6.45) is 3.60. The molecule has 0 atom stereocenters. The van der Waals surface area contributed by atoms with Gasteiger partial charge in [-0.05, 0) is 19.9 Å². The van der Waals surface area contributed by atoms with Crippen molar-refractivity contribution in [2.45, 2.75) is 19.4 Å². The molecule has 0 aliphatic carbocycles. The topological polar surface area (TPSA) is 56.2 Å². The van der Waals surface area contributed by atoms with Crippen molar-refractivity contribution < 1.29 is 0 Å². The number of nitrogens with zero attached hydrogens (tertiary/aromatic N) is 3. The minimum absolute atomic E-state index is 0.409. The van der Waals surface area contributed by atoms with Crippen LogP contribution in [0.4, 0.5) is 0 Å². The Hall–Kier alpha value is -1.42. The molecule has 0 saturated carbocycles. The summed E-state index contributed by atoms with van der Waals surface area (Å²) in [5.74, 6) is 0. The van der Waals surface area contributed by atoms with E-state index in [1.165, 1.54) is 0 Å². The summed E-state index contributed by atoms with van der Waals surface area (Å²) in [4.78, 5) is 4.16. The van der Waals surface area contributed by atoms with Gasteiger partial charge in [0.15, 0.2) is 5.65 Å². The van der Waals surface area contributed by atoms with Crippen LogP contribution in [0.25, 0.3) is 5.65 Å². The molecule has 0 fully saturated rings. The molecule has 68 valence electrons. The van der Waals surface area contributed by atoms with E-state index in [1.807, 2.05) is 32.2 Å². The quantitative estimate of drug-likeness (QED) is 0.703. The number of hydrogen-bond donors (Lipinski definition) is 1. The van der Waals surface area contributed by atoms with Crippen LogP contribution in [0.3, 0.4) is 0 Å². The van der Waals surface area contributed by atoms with Gasteiger partial charge in [-0.15, -0.1) is 0 Å². The van der Waals surface area contributed by atoms with Crippen LogP contribution < -0.4 is 5.73 Å². The first-order valence-electron chi connectivity index (χ1n) is 4.17. The average molecular weight is 176 g/mol. The van der Waals surface area contributed by atoms with E-state index in [0.717, 1.165) is 11.3 Å². The number of rotatable bonds is 1. The SMILES string of the molecule is CC(C)(N)c1cc2ncccn2n1. The van der Waals surface area contributed by atoms with Gasteiger partial charge in [0.2, 0.25) is 0 Å². The van der Waals surface area contributed by atoms with Crippen LogP contribution in [0, 0.1) is 0 Å². The molecule has 2 heterocycles. The molecule has 2 rings (SSSR count). The minimum Gasteiger partial charge on any atom is -0.321 e. The lowest BCUT2D eigenvalue weighted by atomic mass is 10.0. The summed E-state index contributed by atoms with van der Waals surface area (Å²) in [5.41, 5.74) is 7.19. The van der Waals surface area contributed by atoms with Gasteiger partial charge in [-0.3, -0.25) is 0 Å². The maximum absolute atomic E-state index is 5.92. The van der Waals surface area contributed by atoms with Gasteiger partial charge < -0.3 is 5.73 Å². The van der Waals surface area contributed by atoms with Crippen LogP contribution in [0.5, 0.6) is 0 Å². The standard InChI is InChI=1S/C9H12N4/c1-9(2,10)7-6-8-11-4-3-5-13(8)12-7/h3-6H,10H2,1-2H3. The highest BCUT2D eigenvalue weighted by molar-refractivity contribution is 5.39. The Morgan fingerprint density at radius 2 is 2.23 bits per heavy atom. The molecule has 0 aliphatic rings. The first-order valence-corrected chi connectivity index (χ1v) is 4.17. The molecule has 0 unspecified atom stereocenters. The van der Waals surface area contributed by atoms with E-state index in [4.69, 9.17) is 5.73 Å². The van der Waals surface area contributed by atoms with Gasteiger partial charge in [-0.2, -0.15) is 5.10 Å². The highest BCUT2D eigenvalue weighted by Gasteiger charge is 2.17. The first kappa shape index (κ1) is 8.19. The maximum Gasteiger partial charge on any atom is 0.155 e. The number of fused-ring (bicyclic) bond motifs is 1. The minimum atomic E-state index is -0.409. The molecule has 2 N–H and O–H groups in total. The molecule has 0 saturated heterocycles. The summed E-state index contributed by atoms with van der Waals surface area (Å²) in [6, 6.07) is 3.74. The fourth-order valence-electron chi connectivity index (χ4n) is 1.14. The third-order valence-corrected chi connectivity index (χ3v) is 1.90. The summed E-state index contributed by atoms with van der Waals surface area (Å²) in [7, 11) is 0. The molecule has 4 nitrogen and oxygen atoms in total. The van der Waals surface area contributed by atoms with Crippen LogP contribution in [0.2, 0.25) is 0 Å². The molecule has 0 bridgehead atoms. The summed E-state index contributed by atoms with van der Waals surface area (Å²) >= 11 is 0. The van der Waals surface area contributed by atoms with E-state index < -0.39 is 5.54 Å². The fraction of sp³-hybridized carbons (Fsp3) is 0.333. The van der Waals surface area contributed by atoms with Crippen LogP contribution >= 0.6 is 0 Å². The maximum atomic E-state index is 5.92. The number of hydrogen-bond acceptors (Lipinski definition) is 3. The molecule has 4 heteroatoms. The third-order valence-electron chi connectivity index (χ3n) is 1.90. The zero-order chi connectivity index (χ0) is 9.47. The smallest absolute Gasteiger partial charge is 0.155 e. The van der Waals surface area contributed by atoms with Gasteiger partial charge >= 0.3 is 0 Å². The first-order chi connectivity index (χ1) is 6.07. The van der Waals surface area contributed by atoms with Crippen LogP contribution in [0.1, 0.15) is 19.5 Å². The van der Waals surface area contributed by atoms with Crippen LogP contribution in [-0.4, -0.2) is 14.6 Å². The van der Waals surface area contributed by atoms with E-state index >= 15 is 0 Å². The molecule has 13 heavy (non-hydrogen) atoms. The zero-order valence-corrected chi connectivity index (χ0v) is 7.73. The Morgan fingerprint density at radius 1 is 1.46 bits per heavy atom. The van der Waals surface area contributed by atoms with E-state index in [2.05, 4.69) is 10.1 Å². The van der Waals surface area contributed by atoms with Crippen molar-refractivity contribution in [2.75, 3.05) is 0 Å². The number of nitrogens with two attached hydrogens (primary N) is 1. The van der Waals surface area contributed by atoms with E-state index in [0.29, 0.717) is 0 Å². The second kappa shape index (κ2) is 2.53. The molecular weight excluding hydrogens is 164 g/mol. The van der Waals surface area contributed by atoms with Crippen LogP contribution in [0.15, 0.2) is 24.5 Å². The molecule has 2 aromatic rings. The van der Waals surface area contributed by atoms with Crippen molar-refractivity contribution in [3.63, 3.8) is 0 Å². The predicted molar refractivity (Wildman–Crippen MR) is 50.2 cm³/mol.